The molecule has 1 aromatic heterocycles. The Morgan fingerprint density at radius 1 is 1.07 bits per heavy atom. The molecule has 1 unspecified atom stereocenters. The SMILES string of the molecule is CN1Cc2c(-c3c(O)c4ccc(Cl)cc4[nH]c3=O)cccc2C(c2ccccc2)C1. The van der Waals surface area contributed by atoms with E-state index in [0.29, 0.717) is 28.0 Å². The second kappa shape index (κ2) is 7.31. The molecule has 5 rings (SSSR count). The number of fused-ring (bicyclic) bond motifs is 2. The van der Waals surface area contributed by atoms with Crippen LogP contribution in [-0.2, 0) is 6.54 Å². The molecule has 1 aliphatic heterocycles. The van der Waals surface area contributed by atoms with E-state index in [4.69, 9.17) is 11.6 Å². The zero-order valence-electron chi connectivity index (χ0n) is 16.5. The number of hydrogen-bond acceptors (Lipinski definition) is 3. The Labute approximate surface area is 179 Å². The van der Waals surface area contributed by atoms with Crippen molar-refractivity contribution in [3.63, 3.8) is 0 Å². The van der Waals surface area contributed by atoms with Gasteiger partial charge in [0.1, 0.15) is 5.75 Å². The molecule has 4 nitrogen and oxygen atoms in total. The summed E-state index contributed by atoms with van der Waals surface area (Å²) in [6.07, 6.45) is 0. The van der Waals surface area contributed by atoms with Crippen molar-refractivity contribution in [2.45, 2.75) is 12.5 Å². The summed E-state index contributed by atoms with van der Waals surface area (Å²) in [6.45, 7) is 1.62. The number of aromatic nitrogens is 1. The third-order valence-electron chi connectivity index (χ3n) is 5.93. The molecule has 30 heavy (non-hydrogen) atoms. The Kier molecular flexibility index (Phi) is 4.61. The minimum Gasteiger partial charge on any atom is -0.506 e. The molecule has 0 bridgehead atoms. The van der Waals surface area contributed by atoms with Crippen LogP contribution in [0.5, 0.6) is 5.75 Å². The number of aromatic hydroxyl groups is 1. The minimum absolute atomic E-state index is 0.0108. The zero-order chi connectivity index (χ0) is 20.8. The second-order valence-corrected chi connectivity index (χ2v) is 8.34. The molecule has 0 aliphatic carbocycles. The van der Waals surface area contributed by atoms with Gasteiger partial charge in [0, 0.05) is 29.4 Å². The van der Waals surface area contributed by atoms with Crippen LogP contribution in [0.25, 0.3) is 22.0 Å². The van der Waals surface area contributed by atoms with E-state index in [0.717, 1.165) is 17.7 Å². The topological polar surface area (TPSA) is 56.3 Å². The van der Waals surface area contributed by atoms with Gasteiger partial charge in [-0.05, 0) is 47.5 Å². The second-order valence-electron chi connectivity index (χ2n) is 7.90. The van der Waals surface area contributed by atoms with E-state index in [1.165, 1.54) is 11.1 Å². The highest BCUT2D eigenvalue weighted by molar-refractivity contribution is 6.31. The highest BCUT2D eigenvalue weighted by atomic mass is 35.5. The number of halogens is 1. The van der Waals surface area contributed by atoms with Crippen molar-refractivity contribution in [3.05, 3.63) is 98.8 Å². The molecule has 1 aliphatic rings. The Hall–Kier alpha value is -3.08. The summed E-state index contributed by atoms with van der Waals surface area (Å²) in [5, 5.41) is 12.1. The molecule has 0 radical (unpaired) electrons. The molecule has 5 heteroatoms. The maximum atomic E-state index is 13.0. The lowest BCUT2D eigenvalue weighted by molar-refractivity contribution is 0.295. The first-order valence-electron chi connectivity index (χ1n) is 9.93. The number of nitrogens with zero attached hydrogens (tertiary/aromatic N) is 1. The van der Waals surface area contributed by atoms with Gasteiger partial charge >= 0.3 is 0 Å². The first kappa shape index (κ1) is 18.9. The van der Waals surface area contributed by atoms with Crippen LogP contribution in [0.2, 0.25) is 5.02 Å². The third kappa shape index (κ3) is 3.09. The van der Waals surface area contributed by atoms with Gasteiger partial charge in [-0.3, -0.25) is 4.79 Å². The van der Waals surface area contributed by atoms with Crippen LogP contribution in [0, 0.1) is 0 Å². The fourth-order valence-electron chi connectivity index (χ4n) is 4.56. The van der Waals surface area contributed by atoms with Gasteiger partial charge in [-0.2, -0.15) is 0 Å². The molecule has 3 aromatic carbocycles. The zero-order valence-corrected chi connectivity index (χ0v) is 17.3. The smallest absolute Gasteiger partial charge is 0.260 e. The van der Waals surface area contributed by atoms with Gasteiger partial charge < -0.3 is 15.0 Å². The normalized spacial score (nSPS) is 16.5. The summed E-state index contributed by atoms with van der Waals surface area (Å²) < 4.78 is 0. The Bertz CT molecular complexity index is 1310. The van der Waals surface area contributed by atoms with Crippen molar-refractivity contribution >= 4 is 22.5 Å². The highest BCUT2D eigenvalue weighted by Crippen LogP contribution is 2.40. The van der Waals surface area contributed by atoms with E-state index in [-0.39, 0.29) is 17.2 Å². The van der Waals surface area contributed by atoms with Gasteiger partial charge in [0.05, 0.1) is 11.1 Å². The van der Waals surface area contributed by atoms with Gasteiger partial charge in [0.25, 0.3) is 5.56 Å². The Balaban J connectivity index is 1.75. The molecule has 150 valence electrons. The molecule has 2 heterocycles. The average Bonchev–Trinajstić information content (AvgIpc) is 2.74. The molecule has 1 atom stereocenters. The standard InChI is InChI=1S/C25H21ClN2O2/c1-28-13-20(15-6-3-2-4-7-15)17-8-5-9-18(21(17)14-28)23-24(29)19-11-10-16(26)12-22(19)27-25(23)30/h2-12,20H,13-14H2,1H3,(H2,27,29,30). The largest absolute Gasteiger partial charge is 0.506 e. The van der Waals surface area contributed by atoms with E-state index in [1.807, 2.05) is 18.2 Å². The van der Waals surface area contributed by atoms with Crippen molar-refractivity contribution in [3.8, 4) is 16.9 Å². The summed E-state index contributed by atoms with van der Waals surface area (Å²) in [4.78, 5) is 18.2. The molecular weight excluding hydrogens is 396 g/mol. The van der Waals surface area contributed by atoms with Crippen molar-refractivity contribution in [1.29, 1.82) is 0 Å². The van der Waals surface area contributed by atoms with Gasteiger partial charge in [0.15, 0.2) is 0 Å². The van der Waals surface area contributed by atoms with Gasteiger partial charge in [0.2, 0.25) is 0 Å². The summed E-state index contributed by atoms with van der Waals surface area (Å²) in [5.41, 5.74) is 4.81. The fraction of sp³-hybridized carbons (Fsp3) is 0.160. The quantitative estimate of drug-likeness (QED) is 0.476. The van der Waals surface area contributed by atoms with Crippen LogP contribution in [0.1, 0.15) is 22.6 Å². The number of pyridine rings is 1. The monoisotopic (exact) mass is 416 g/mol. The number of rotatable bonds is 2. The lowest BCUT2D eigenvalue weighted by Crippen LogP contribution is -2.31. The predicted octanol–water partition coefficient (Wildman–Crippen LogP) is 5.13. The van der Waals surface area contributed by atoms with Crippen LogP contribution in [0.15, 0.2) is 71.5 Å². The first-order chi connectivity index (χ1) is 14.5. The Morgan fingerprint density at radius 2 is 1.87 bits per heavy atom. The maximum Gasteiger partial charge on any atom is 0.260 e. The summed E-state index contributed by atoms with van der Waals surface area (Å²) >= 11 is 6.06. The minimum atomic E-state index is -0.319. The van der Waals surface area contributed by atoms with E-state index in [1.54, 1.807) is 18.2 Å². The number of aromatic amines is 1. The Morgan fingerprint density at radius 3 is 2.67 bits per heavy atom. The summed E-state index contributed by atoms with van der Waals surface area (Å²) in [7, 11) is 2.09. The summed E-state index contributed by atoms with van der Waals surface area (Å²) in [5.74, 6) is 0.198. The molecule has 0 amide bonds. The number of benzene rings is 3. The molecule has 4 aromatic rings. The fourth-order valence-corrected chi connectivity index (χ4v) is 4.73. The molecular formula is C25H21ClN2O2. The highest BCUT2D eigenvalue weighted by Gasteiger charge is 2.28. The van der Waals surface area contributed by atoms with E-state index in [2.05, 4.69) is 47.3 Å². The first-order valence-corrected chi connectivity index (χ1v) is 10.3. The van der Waals surface area contributed by atoms with Gasteiger partial charge in [-0.1, -0.05) is 60.1 Å². The lowest BCUT2D eigenvalue weighted by Gasteiger charge is -2.34. The van der Waals surface area contributed by atoms with Crippen LogP contribution in [0.3, 0.4) is 0 Å². The molecule has 0 saturated carbocycles. The van der Waals surface area contributed by atoms with Crippen LogP contribution < -0.4 is 5.56 Å². The van der Waals surface area contributed by atoms with Crippen LogP contribution >= 0.6 is 11.6 Å². The van der Waals surface area contributed by atoms with Crippen molar-refractivity contribution in [2.24, 2.45) is 0 Å². The lowest BCUT2D eigenvalue weighted by atomic mass is 9.81. The maximum absolute atomic E-state index is 13.0. The molecule has 0 spiro atoms. The van der Waals surface area contributed by atoms with Crippen LogP contribution in [-0.4, -0.2) is 28.6 Å². The van der Waals surface area contributed by atoms with E-state index >= 15 is 0 Å². The van der Waals surface area contributed by atoms with Gasteiger partial charge in [-0.25, -0.2) is 0 Å². The van der Waals surface area contributed by atoms with Crippen molar-refractivity contribution < 1.29 is 5.11 Å². The summed E-state index contributed by atoms with van der Waals surface area (Å²) in [6, 6.07) is 21.5. The number of nitrogens with one attached hydrogen (secondary N) is 1. The van der Waals surface area contributed by atoms with Crippen molar-refractivity contribution in [1.82, 2.24) is 9.88 Å². The van der Waals surface area contributed by atoms with Gasteiger partial charge in [-0.15, -0.1) is 0 Å². The predicted molar refractivity (Wildman–Crippen MR) is 121 cm³/mol. The third-order valence-corrected chi connectivity index (χ3v) is 6.17. The van der Waals surface area contributed by atoms with E-state index < -0.39 is 0 Å². The molecule has 0 saturated heterocycles. The molecule has 2 N–H and O–H groups in total. The van der Waals surface area contributed by atoms with E-state index in [9.17, 15) is 9.90 Å². The number of H-pyrrole nitrogens is 1. The average molecular weight is 417 g/mol. The van der Waals surface area contributed by atoms with Crippen LogP contribution in [0.4, 0.5) is 0 Å². The number of likely N-dealkylation sites (N-methyl/N-ethyl adjacent to an activating group) is 1. The number of hydrogen-bond donors (Lipinski definition) is 2. The molecule has 0 fully saturated rings. The van der Waals surface area contributed by atoms with Crippen molar-refractivity contribution in [2.75, 3.05) is 13.6 Å².